The summed E-state index contributed by atoms with van der Waals surface area (Å²) in [5, 5.41) is 0.573. The quantitative estimate of drug-likeness (QED) is 0.782. The van der Waals surface area contributed by atoms with Crippen molar-refractivity contribution in [3.63, 3.8) is 0 Å². The SMILES string of the molecule is O=S(=O)(c1ccc(F)cc1)N1CCCCCC1c1ccccc1Cl. The second-order valence-corrected chi connectivity index (χ2v) is 8.25. The first-order chi connectivity index (χ1) is 11.5. The maximum absolute atomic E-state index is 13.2. The third-order valence-electron chi connectivity index (χ3n) is 4.39. The molecule has 0 aromatic heterocycles. The van der Waals surface area contributed by atoms with Gasteiger partial charge in [-0.15, -0.1) is 0 Å². The molecule has 0 aliphatic carbocycles. The van der Waals surface area contributed by atoms with E-state index in [1.807, 2.05) is 18.2 Å². The van der Waals surface area contributed by atoms with Crippen molar-refractivity contribution in [2.24, 2.45) is 0 Å². The largest absolute Gasteiger partial charge is 0.243 e. The van der Waals surface area contributed by atoms with E-state index < -0.39 is 15.8 Å². The van der Waals surface area contributed by atoms with Gasteiger partial charge in [0.25, 0.3) is 0 Å². The van der Waals surface area contributed by atoms with Gasteiger partial charge in [-0.2, -0.15) is 4.31 Å². The van der Waals surface area contributed by atoms with E-state index >= 15 is 0 Å². The highest BCUT2D eigenvalue weighted by molar-refractivity contribution is 7.89. The lowest BCUT2D eigenvalue weighted by molar-refractivity contribution is 0.329. The first kappa shape index (κ1) is 17.4. The van der Waals surface area contributed by atoms with Gasteiger partial charge in [0.15, 0.2) is 0 Å². The molecule has 0 N–H and O–H groups in total. The van der Waals surface area contributed by atoms with Crippen molar-refractivity contribution in [3.05, 3.63) is 64.9 Å². The molecule has 24 heavy (non-hydrogen) atoms. The molecule has 0 bridgehead atoms. The minimum Gasteiger partial charge on any atom is -0.207 e. The zero-order chi connectivity index (χ0) is 17.2. The number of hydrogen-bond acceptors (Lipinski definition) is 2. The summed E-state index contributed by atoms with van der Waals surface area (Å²) in [6, 6.07) is 12.1. The Labute approximate surface area is 147 Å². The van der Waals surface area contributed by atoms with E-state index in [0.717, 1.165) is 31.2 Å². The van der Waals surface area contributed by atoms with E-state index in [1.165, 1.54) is 28.6 Å². The van der Waals surface area contributed by atoms with Gasteiger partial charge in [-0.3, -0.25) is 0 Å². The van der Waals surface area contributed by atoms with Crippen LogP contribution >= 0.6 is 11.6 Å². The summed E-state index contributed by atoms with van der Waals surface area (Å²) in [5.41, 5.74) is 0.826. The van der Waals surface area contributed by atoms with Crippen LogP contribution in [0.3, 0.4) is 0 Å². The minimum absolute atomic E-state index is 0.114. The second kappa shape index (κ2) is 7.21. The van der Waals surface area contributed by atoms with Crippen molar-refractivity contribution in [3.8, 4) is 0 Å². The van der Waals surface area contributed by atoms with E-state index in [9.17, 15) is 12.8 Å². The molecule has 6 heteroatoms. The molecule has 128 valence electrons. The highest BCUT2D eigenvalue weighted by Crippen LogP contribution is 2.37. The van der Waals surface area contributed by atoms with Crippen LogP contribution in [0.2, 0.25) is 5.02 Å². The van der Waals surface area contributed by atoms with E-state index in [2.05, 4.69) is 0 Å². The Hall–Kier alpha value is -1.43. The van der Waals surface area contributed by atoms with Gasteiger partial charge in [0.2, 0.25) is 10.0 Å². The summed E-state index contributed by atoms with van der Waals surface area (Å²) in [6.45, 7) is 0.440. The van der Waals surface area contributed by atoms with Crippen LogP contribution in [0.25, 0.3) is 0 Å². The van der Waals surface area contributed by atoms with Gasteiger partial charge in [-0.05, 0) is 48.7 Å². The molecule has 2 aromatic carbocycles. The van der Waals surface area contributed by atoms with Crippen LogP contribution < -0.4 is 0 Å². The Morgan fingerprint density at radius 1 is 1.00 bits per heavy atom. The number of halogens is 2. The predicted octanol–water partition coefficient (Wildman–Crippen LogP) is 4.79. The van der Waals surface area contributed by atoms with Gasteiger partial charge in [0.05, 0.1) is 10.9 Å². The highest BCUT2D eigenvalue weighted by atomic mass is 35.5. The molecule has 1 aliphatic heterocycles. The third-order valence-corrected chi connectivity index (χ3v) is 6.65. The first-order valence-electron chi connectivity index (χ1n) is 8.02. The fourth-order valence-corrected chi connectivity index (χ4v) is 5.10. The first-order valence-corrected chi connectivity index (χ1v) is 9.84. The van der Waals surface area contributed by atoms with Gasteiger partial charge in [0.1, 0.15) is 5.82 Å². The molecule has 3 nitrogen and oxygen atoms in total. The maximum Gasteiger partial charge on any atom is 0.243 e. The molecule has 1 atom stereocenters. The number of hydrogen-bond donors (Lipinski definition) is 0. The van der Waals surface area contributed by atoms with Crippen molar-refractivity contribution in [1.82, 2.24) is 4.31 Å². The summed E-state index contributed by atoms with van der Waals surface area (Å²) in [7, 11) is -3.71. The van der Waals surface area contributed by atoms with Crippen LogP contribution in [0.15, 0.2) is 53.4 Å². The summed E-state index contributed by atoms with van der Waals surface area (Å²) < 4.78 is 40.9. The van der Waals surface area contributed by atoms with Crippen LogP contribution in [-0.2, 0) is 10.0 Å². The summed E-state index contributed by atoms with van der Waals surface area (Å²) >= 11 is 6.32. The number of sulfonamides is 1. The van der Waals surface area contributed by atoms with E-state index in [1.54, 1.807) is 6.07 Å². The average Bonchev–Trinajstić information content (AvgIpc) is 2.82. The summed E-state index contributed by atoms with van der Waals surface area (Å²) in [6.07, 6.45) is 3.47. The van der Waals surface area contributed by atoms with Crippen molar-refractivity contribution < 1.29 is 12.8 Å². The molecule has 3 rings (SSSR count). The average molecular weight is 368 g/mol. The van der Waals surface area contributed by atoms with Crippen molar-refractivity contribution in [2.75, 3.05) is 6.54 Å². The lowest BCUT2D eigenvalue weighted by Crippen LogP contribution is -2.35. The monoisotopic (exact) mass is 367 g/mol. The van der Waals surface area contributed by atoms with Gasteiger partial charge in [-0.25, -0.2) is 12.8 Å². The van der Waals surface area contributed by atoms with Crippen LogP contribution in [0.4, 0.5) is 4.39 Å². The molecule has 1 saturated heterocycles. The number of benzene rings is 2. The van der Waals surface area contributed by atoms with E-state index in [4.69, 9.17) is 11.6 Å². The molecular formula is C18H19ClFNO2S. The Kier molecular flexibility index (Phi) is 5.23. The Morgan fingerprint density at radius 3 is 2.42 bits per heavy atom. The molecule has 0 spiro atoms. The van der Waals surface area contributed by atoms with E-state index in [0.29, 0.717) is 11.6 Å². The molecule has 2 aromatic rings. The number of nitrogens with zero attached hydrogens (tertiary/aromatic N) is 1. The molecule has 1 heterocycles. The van der Waals surface area contributed by atoms with Crippen LogP contribution in [-0.4, -0.2) is 19.3 Å². The van der Waals surface area contributed by atoms with Gasteiger partial charge >= 0.3 is 0 Å². The predicted molar refractivity (Wildman–Crippen MR) is 93.0 cm³/mol. The molecule has 1 unspecified atom stereocenters. The smallest absolute Gasteiger partial charge is 0.207 e. The van der Waals surface area contributed by atoms with Gasteiger partial charge in [0, 0.05) is 11.6 Å². The highest BCUT2D eigenvalue weighted by Gasteiger charge is 2.34. The molecule has 1 fully saturated rings. The fraction of sp³-hybridized carbons (Fsp3) is 0.333. The summed E-state index contributed by atoms with van der Waals surface area (Å²) in [5.74, 6) is -0.451. The molecule has 0 saturated carbocycles. The van der Waals surface area contributed by atoms with Crippen molar-refractivity contribution in [1.29, 1.82) is 0 Å². The Bertz CT molecular complexity index is 808. The molecular weight excluding hydrogens is 349 g/mol. The zero-order valence-electron chi connectivity index (χ0n) is 13.2. The van der Waals surface area contributed by atoms with Crippen molar-refractivity contribution in [2.45, 2.75) is 36.6 Å². The molecule has 1 aliphatic rings. The minimum atomic E-state index is -3.71. The maximum atomic E-state index is 13.2. The Morgan fingerprint density at radius 2 is 1.71 bits per heavy atom. The zero-order valence-corrected chi connectivity index (χ0v) is 14.7. The topological polar surface area (TPSA) is 37.4 Å². The Balaban J connectivity index is 2.04. The molecule has 0 amide bonds. The standard InChI is InChI=1S/C18H19ClFNO2S/c19-17-7-4-3-6-16(17)18-8-2-1-5-13-21(18)24(22,23)15-11-9-14(20)10-12-15/h3-4,6-7,9-12,18H,1-2,5,8,13H2. The second-order valence-electron chi connectivity index (χ2n) is 5.96. The lowest BCUT2D eigenvalue weighted by Gasteiger charge is -2.30. The fourth-order valence-electron chi connectivity index (χ4n) is 3.17. The van der Waals surface area contributed by atoms with Crippen LogP contribution in [0, 0.1) is 5.82 Å². The normalized spacial score (nSPS) is 19.8. The molecule has 0 radical (unpaired) electrons. The lowest BCUT2D eigenvalue weighted by atomic mass is 10.0. The number of rotatable bonds is 3. The van der Waals surface area contributed by atoms with Gasteiger partial charge in [-0.1, -0.05) is 42.6 Å². The van der Waals surface area contributed by atoms with Gasteiger partial charge < -0.3 is 0 Å². The third kappa shape index (κ3) is 3.48. The van der Waals surface area contributed by atoms with E-state index in [-0.39, 0.29) is 10.9 Å². The summed E-state index contributed by atoms with van der Waals surface area (Å²) in [4.78, 5) is 0.114. The van der Waals surface area contributed by atoms with Crippen LogP contribution in [0.5, 0.6) is 0 Å². The van der Waals surface area contributed by atoms with Crippen LogP contribution in [0.1, 0.15) is 37.3 Å². The van der Waals surface area contributed by atoms with Crippen molar-refractivity contribution >= 4 is 21.6 Å².